The highest BCUT2D eigenvalue weighted by atomic mass is 16.7. The van der Waals surface area contributed by atoms with Gasteiger partial charge in [-0.2, -0.15) is 0 Å². The van der Waals surface area contributed by atoms with Gasteiger partial charge in [-0.15, -0.1) is 0 Å². The maximum atomic E-state index is 13.6. The van der Waals surface area contributed by atoms with Crippen molar-refractivity contribution in [2.75, 3.05) is 35.5 Å². The zero-order valence-corrected chi connectivity index (χ0v) is 38.3. The quantitative estimate of drug-likeness (QED) is 0.114. The van der Waals surface area contributed by atoms with Gasteiger partial charge in [0.25, 0.3) is 0 Å². The second-order valence-electron chi connectivity index (χ2n) is 16.9. The summed E-state index contributed by atoms with van der Waals surface area (Å²) in [5, 5.41) is 47.1. The Morgan fingerprint density at radius 2 is 1.48 bits per heavy atom. The number of ether oxygens (including phenoxy) is 7. The van der Waals surface area contributed by atoms with Gasteiger partial charge >= 0.3 is 0 Å². The molecule has 356 valence electrons. The predicted molar refractivity (Wildman–Crippen MR) is 240 cm³/mol. The molecule has 18 heteroatoms. The van der Waals surface area contributed by atoms with Crippen molar-refractivity contribution in [2.24, 2.45) is 5.73 Å². The first-order valence-electron chi connectivity index (χ1n) is 21.5. The maximum absolute atomic E-state index is 13.6. The average Bonchev–Trinajstić information content (AvgIpc) is 3.54. The fourth-order valence-electron chi connectivity index (χ4n) is 9.52. The second-order valence-corrected chi connectivity index (χ2v) is 16.9. The first-order valence-corrected chi connectivity index (χ1v) is 21.5. The summed E-state index contributed by atoms with van der Waals surface area (Å²) in [6.45, 7) is 4.25. The number of fused-ring (bicyclic) bond motifs is 6. The number of aliphatic hydroxyl groups excluding tert-OH is 1. The highest BCUT2D eigenvalue weighted by Gasteiger charge is 2.49. The molecular formula is C49H54N2O16. The molecule has 4 aromatic carbocycles. The minimum Gasteiger partial charge on any atom is -0.507 e. The van der Waals surface area contributed by atoms with Gasteiger partial charge in [0.15, 0.2) is 35.1 Å². The van der Waals surface area contributed by atoms with E-state index >= 15 is 0 Å². The number of rotatable bonds is 9. The Labute approximate surface area is 385 Å². The smallest absolute Gasteiger partial charge is 0.220 e. The van der Waals surface area contributed by atoms with E-state index in [-0.39, 0.29) is 64.0 Å². The van der Waals surface area contributed by atoms with Crippen LogP contribution in [0, 0.1) is 0 Å². The molecule has 0 unspecified atom stereocenters. The van der Waals surface area contributed by atoms with Crippen molar-refractivity contribution in [1.82, 2.24) is 5.32 Å². The Hall–Kier alpha value is -6.57. The van der Waals surface area contributed by atoms with E-state index in [4.69, 9.17) is 38.9 Å². The fraction of sp³-hybridized carbons (Fsp3) is 0.408. The van der Waals surface area contributed by atoms with Crippen molar-refractivity contribution in [3.05, 3.63) is 97.2 Å². The molecule has 0 spiro atoms. The first-order chi connectivity index (χ1) is 31.8. The van der Waals surface area contributed by atoms with E-state index in [1.165, 1.54) is 52.3 Å². The lowest BCUT2D eigenvalue weighted by Crippen LogP contribution is -2.52. The van der Waals surface area contributed by atoms with Crippen LogP contribution in [-0.4, -0.2) is 109 Å². The van der Waals surface area contributed by atoms with Crippen LogP contribution in [0.5, 0.6) is 40.2 Å². The van der Waals surface area contributed by atoms with Crippen LogP contribution in [-0.2, 0) is 31.9 Å². The average molecular weight is 927 g/mol. The summed E-state index contributed by atoms with van der Waals surface area (Å²) in [6, 6.07) is 10.3. The molecule has 1 fully saturated rings. The lowest BCUT2D eigenvalue weighted by molar-refractivity contribution is -0.247. The molecule has 4 aromatic rings. The number of aliphatic hydroxyl groups is 2. The molecule has 18 nitrogen and oxygen atoms in total. The Morgan fingerprint density at radius 1 is 0.806 bits per heavy atom. The first kappa shape index (κ1) is 48.4. The van der Waals surface area contributed by atoms with Gasteiger partial charge in [0, 0.05) is 54.5 Å². The number of phenolic OH excluding ortho intramolecular Hbond substituents is 2. The Morgan fingerprint density at radius 3 is 2.09 bits per heavy atom. The maximum Gasteiger partial charge on any atom is 0.220 e. The van der Waals surface area contributed by atoms with Gasteiger partial charge in [-0.25, -0.2) is 0 Å². The Balaban J connectivity index is 0.000000207. The number of aryl methyl sites for hydroxylation is 1. The van der Waals surface area contributed by atoms with Crippen LogP contribution in [0.25, 0.3) is 11.1 Å². The van der Waals surface area contributed by atoms with Crippen molar-refractivity contribution >= 4 is 23.3 Å². The number of phenols is 2. The number of hydrogen-bond donors (Lipinski definition) is 6. The van der Waals surface area contributed by atoms with Crippen LogP contribution in [0.15, 0.2) is 47.3 Å². The highest BCUT2D eigenvalue weighted by Crippen LogP contribution is 2.53. The van der Waals surface area contributed by atoms with Gasteiger partial charge in [-0.3, -0.25) is 24.0 Å². The number of methoxy groups -OCH3 is 5. The number of aromatic hydroxyl groups is 2. The molecular weight excluding hydrogens is 873 g/mol. The molecule has 7 N–H and O–H groups in total. The normalized spacial score (nSPS) is 23.6. The second kappa shape index (κ2) is 19.0. The van der Waals surface area contributed by atoms with E-state index in [0.29, 0.717) is 35.7 Å². The largest absolute Gasteiger partial charge is 0.507 e. The standard InChI is InChI=1S/C27H29NO10.C22H25NO6/c1-10-22(30)14(28)7-17(37-10)38-16-9-27(35,11(2)29)8-13-19(16)26(34)21-20(24(13)32)23(31)12-5-4-6-15(36-3)18(12)25(21)33;1-12(24)23-16-8-6-13-10-19(27-3)21(28-4)22(29-5)20(13)14-7-9-18(26-2)17(25)11-15(14)16/h4-6,10,14,16-17,22,30,32,34-35H,7-9,28H2,1-3H3;7,9-11,16H,6,8H2,1-5H3,(H,23,24)/t10-,14-,16-,17-,22+,27-;16-/m00/s1. The van der Waals surface area contributed by atoms with E-state index in [2.05, 4.69) is 5.32 Å². The van der Waals surface area contributed by atoms with E-state index in [9.17, 15) is 44.4 Å². The van der Waals surface area contributed by atoms with Crippen molar-refractivity contribution in [1.29, 1.82) is 0 Å². The molecule has 0 bridgehead atoms. The molecule has 1 saturated heterocycles. The van der Waals surface area contributed by atoms with Crippen molar-refractivity contribution in [2.45, 2.75) is 95.2 Å². The predicted octanol–water partition coefficient (Wildman–Crippen LogP) is 3.90. The number of ketones is 3. The number of nitrogens with one attached hydrogen (secondary N) is 1. The summed E-state index contributed by atoms with van der Waals surface area (Å²) in [5.74, 6) is -1.57. The molecule has 3 aliphatic carbocycles. The minimum absolute atomic E-state index is 0.0147. The lowest BCUT2D eigenvalue weighted by atomic mass is 9.72. The van der Waals surface area contributed by atoms with Crippen LogP contribution in [0.3, 0.4) is 0 Å². The third-order valence-corrected chi connectivity index (χ3v) is 12.9. The van der Waals surface area contributed by atoms with E-state index in [1.54, 1.807) is 34.3 Å². The molecule has 4 aliphatic rings. The summed E-state index contributed by atoms with van der Waals surface area (Å²) in [6.07, 6.45) is -3.26. The van der Waals surface area contributed by atoms with E-state index < -0.39 is 82.6 Å². The molecule has 0 radical (unpaired) electrons. The fourth-order valence-corrected chi connectivity index (χ4v) is 9.52. The molecule has 8 rings (SSSR count). The van der Waals surface area contributed by atoms with E-state index in [0.717, 1.165) is 16.7 Å². The van der Waals surface area contributed by atoms with Crippen molar-refractivity contribution in [3.63, 3.8) is 0 Å². The molecule has 1 amide bonds. The molecule has 0 saturated carbocycles. The number of Topliss-reactive ketones (excluding diaryl/α,β-unsaturated/α-hetero) is 1. The lowest BCUT2D eigenvalue weighted by Gasteiger charge is -2.42. The zero-order valence-electron chi connectivity index (χ0n) is 38.3. The third kappa shape index (κ3) is 8.55. The number of amides is 1. The van der Waals surface area contributed by atoms with Gasteiger partial charge in [-0.1, -0.05) is 18.2 Å². The number of carbonyl (C=O) groups excluding carboxylic acids is 4. The Bertz CT molecular complexity index is 2730. The third-order valence-electron chi connectivity index (χ3n) is 12.9. The van der Waals surface area contributed by atoms with Crippen LogP contribution in [0.4, 0.5) is 0 Å². The van der Waals surface area contributed by atoms with Gasteiger partial charge in [0.05, 0.1) is 76.6 Å². The van der Waals surface area contributed by atoms with Crippen LogP contribution in [0.1, 0.15) is 106 Å². The molecule has 0 aromatic heterocycles. The monoisotopic (exact) mass is 926 g/mol. The summed E-state index contributed by atoms with van der Waals surface area (Å²) < 4.78 is 39.1. The molecule has 1 aliphatic heterocycles. The van der Waals surface area contributed by atoms with E-state index in [1.807, 2.05) is 12.1 Å². The molecule has 1 heterocycles. The topological polar surface area (TPSA) is 269 Å². The summed E-state index contributed by atoms with van der Waals surface area (Å²) in [5.41, 5.74) is 5.98. The van der Waals surface area contributed by atoms with Crippen molar-refractivity contribution < 1.29 is 72.8 Å². The van der Waals surface area contributed by atoms with Crippen LogP contribution >= 0.6 is 0 Å². The van der Waals surface area contributed by atoms with Gasteiger partial charge in [0.2, 0.25) is 22.9 Å². The number of hydrogen-bond acceptors (Lipinski definition) is 17. The van der Waals surface area contributed by atoms with Gasteiger partial charge < -0.3 is 64.6 Å². The van der Waals surface area contributed by atoms with Crippen LogP contribution in [0.2, 0.25) is 0 Å². The number of benzene rings is 3. The summed E-state index contributed by atoms with van der Waals surface area (Å²) >= 11 is 0. The molecule has 67 heavy (non-hydrogen) atoms. The number of carbonyl (C=O) groups is 4. The number of nitrogens with two attached hydrogens (primary N) is 1. The highest BCUT2D eigenvalue weighted by molar-refractivity contribution is 6.31. The van der Waals surface area contributed by atoms with Gasteiger partial charge in [-0.05, 0) is 67.6 Å². The summed E-state index contributed by atoms with van der Waals surface area (Å²) in [7, 11) is 7.48. The van der Waals surface area contributed by atoms with Gasteiger partial charge in [0.1, 0.15) is 22.8 Å². The minimum atomic E-state index is -2.00. The molecule has 7 atom stereocenters. The SMILES string of the molecule is COc1cc2c(c(OC)c1OC)-c1ccc(OC)c(=O)cc1[C@@H](NC(C)=O)CC2.COc1cccc2c1C(=O)c1c(O)c3c(c(O)c1C2=O)C[C@@](O)(C(C)=O)C[C@@H]3O[C@H]1C[C@H](N)[C@H](O)[C@H](C)O1. The van der Waals surface area contributed by atoms with Crippen molar-refractivity contribution in [3.8, 4) is 51.4 Å². The summed E-state index contributed by atoms with van der Waals surface area (Å²) in [4.78, 5) is 64.1. The Kier molecular flexibility index (Phi) is 13.7. The zero-order chi connectivity index (χ0) is 48.8. The van der Waals surface area contributed by atoms with Crippen LogP contribution < -0.4 is 40.2 Å².